The molecular formula is C24H26FN5O4. The summed E-state index contributed by atoms with van der Waals surface area (Å²) in [7, 11) is 0. The quantitative estimate of drug-likeness (QED) is 0.625. The minimum atomic E-state index is -1.33. The Labute approximate surface area is 195 Å². The molecule has 2 aliphatic heterocycles. The lowest BCUT2D eigenvalue weighted by molar-refractivity contribution is 0.0694. The van der Waals surface area contributed by atoms with Crippen molar-refractivity contribution in [1.82, 2.24) is 14.5 Å². The van der Waals surface area contributed by atoms with E-state index >= 15 is 4.39 Å². The molecule has 1 saturated heterocycles. The van der Waals surface area contributed by atoms with Gasteiger partial charge in [-0.3, -0.25) is 4.79 Å². The van der Waals surface area contributed by atoms with E-state index in [1.54, 1.807) is 4.57 Å². The monoisotopic (exact) mass is 467 g/mol. The van der Waals surface area contributed by atoms with Gasteiger partial charge in [0, 0.05) is 50.1 Å². The van der Waals surface area contributed by atoms with Crippen molar-refractivity contribution in [3.05, 3.63) is 51.5 Å². The molecular weight excluding hydrogens is 441 g/mol. The second-order valence-corrected chi connectivity index (χ2v) is 9.01. The van der Waals surface area contributed by atoms with Crippen molar-refractivity contribution in [2.45, 2.75) is 33.2 Å². The third-order valence-electron chi connectivity index (χ3n) is 6.35. The smallest absolute Gasteiger partial charge is 0.341 e. The Morgan fingerprint density at radius 2 is 1.82 bits per heavy atom. The third kappa shape index (κ3) is 3.63. The number of carboxylic acid groups (broad SMARTS) is 1. The van der Waals surface area contributed by atoms with Crippen molar-refractivity contribution in [3.63, 3.8) is 0 Å². The molecule has 4 heterocycles. The van der Waals surface area contributed by atoms with Gasteiger partial charge in [-0.2, -0.15) is 0 Å². The molecule has 2 aliphatic rings. The zero-order valence-electron chi connectivity index (χ0n) is 19.3. The third-order valence-corrected chi connectivity index (χ3v) is 6.35. The molecule has 0 aliphatic carbocycles. The summed E-state index contributed by atoms with van der Waals surface area (Å²) in [6.07, 6.45) is 1.32. The van der Waals surface area contributed by atoms with E-state index in [4.69, 9.17) is 9.72 Å². The summed E-state index contributed by atoms with van der Waals surface area (Å²) in [6, 6.07) is 3.10. The topological polar surface area (TPSA) is 101 Å². The molecule has 1 fully saturated rings. The molecule has 10 heteroatoms. The Bertz CT molecular complexity index is 1360. The molecule has 0 atom stereocenters. The van der Waals surface area contributed by atoms with Crippen molar-refractivity contribution in [2.75, 3.05) is 42.6 Å². The van der Waals surface area contributed by atoms with Crippen LogP contribution in [-0.2, 0) is 6.54 Å². The zero-order chi connectivity index (χ0) is 24.1. The molecule has 5 rings (SSSR count). The Balaban J connectivity index is 1.49. The highest BCUT2D eigenvalue weighted by atomic mass is 19.1. The summed E-state index contributed by atoms with van der Waals surface area (Å²) in [6.45, 7) is 9.06. The van der Waals surface area contributed by atoms with Crippen LogP contribution in [0, 0.1) is 12.7 Å². The van der Waals surface area contributed by atoms with Crippen LogP contribution in [0.3, 0.4) is 0 Å². The van der Waals surface area contributed by atoms with E-state index in [1.165, 1.54) is 6.20 Å². The van der Waals surface area contributed by atoms with E-state index in [0.717, 1.165) is 23.4 Å². The molecule has 0 saturated carbocycles. The van der Waals surface area contributed by atoms with Gasteiger partial charge in [0.2, 0.25) is 5.43 Å². The number of rotatable bonds is 4. The Morgan fingerprint density at radius 1 is 1.12 bits per heavy atom. The first-order valence-corrected chi connectivity index (χ1v) is 11.4. The van der Waals surface area contributed by atoms with E-state index in [-0.39, 0.29) is 23.5 Å². The van der Waals surface area contributed by atoms with Gasteiger partial charge in [0.1, 0.15) is 29.5 Å². The van der Waals surface area contributed by atoms with Crippen LogP contribution in [0.25, 0.3) is 10.9 Å². The van der Waals surface area contributed by atoms with Gasteiger partial charge >= 0.3 is 5.97 Å². The average Bonchev–Trinajstić information content (AvgIpc) is 2.80. The number of benzene rings is 1. The minimum absolute atomic E-state index is 0.0205. The van der Waals surface area contributed by atoms with Crippen LogP contribution in [-0.4, -0.2) is 58.4 Å². The van der Waals surface area contributed by atoms with Crippen LogP contribution in [0.15, 0.2) is 23.1 Å². The number of hydrogen-bond donors (Lipinski definition) is 1. The molecule has 2 aromatic heterocycles. The fourth-order valence-corrected chi connectivity index (χ4v) is 4.65. The van der Waals surface area contributed by atoms with Crippen LogP contribution in [0.1, 0.15) is 41.6 Å². The Morgan fingerprint density at radius 3 is 2.50 bits per heavy atom. The molecule has 34 heavy (non-hydrogen) atoms. The second-order valence-electron chi connectivity index (χ2n) is 9.01. The maximum Gasteiger partial charge on any atom is 0.341 e. The fraction of sp³-hybridized carbons (Fsp3) is 0.417. The number of carboxylic acids is 1. The summed E-state index contributed by atoms with van der Waals surface area (Å²) in [4.78, 5) is 37.5. The lowest BCUT2D eigenvalue weighted by Crippen LogP contribution is -2.47. The first-order chi connectivity index (χ1) is 16.2. The van der Waals surface area contributed by atoms with E-state index < -0.39 is 17.2 Å². The number of aromatic nitrogens is 3. The van der Waals surface area contributed by atoms with Crippen LogP contribution < -0.4 is 20.0 Å². The van der Waals surface area contributed by atoms with Crippen LogP contribution in [0.4, 0.5) is 15.9 Å². The number of piperazine rings is 1. The number of anilines is 2. The van der Waals surface area contributed by atoms with E-state index in [2.05, 4.69) is 23.7 Å². The average molecular weight is 468 g/mol. The Hall–Kier alpha value is -3.69. The maximum absolute atomic E-state index is 15.4. The highest BCUT2D eigenvalue weighted by molar-refractivity contribution is 5.97. The molecule has 1 N–H and O–H groups in total. The zero-order valence-corrected chi connectivity index (χ0v) is 19.3. The van der Waals surface area contributed by atoms with Crippen molar-refractivity contribution < 1.29 is 19.0 Å². The molecule has 9 nitrogen and oxygen atoms in total. The van der Waals surface area contributed by atoms with Crippen LogP contribution in [0.2, 0.25) is 0 Å². The molecule has 0 bridgehead atoms. The molecule has 1 aromatic carbocycles. The number of carbonyl (C=O) groups is 1. The summed E-state index contributed by atoms with van der Waals surface area (Å²) in [5, 5.41) is 9.40. The Kier molecular flexibility index (Phi) is 5.38. The second kappa shape index (κ2) is 8.27. The van der Waals surface area contributed by atoms with Crippen molar-refractivity contribution in [3.8, 4) is 5.75 Å². The van der Waals surface area contributed by atoms with E-state index in [1.807, 2.05) is 17.9 Å². The summed E-state index contributed by atoms with van der Waals surface area (Å²) in [5.41, 5.74) is 0.578. The number of aromatic carboxylic acids is 1. The molecule has 0 radical (unpaired) electrons. The molecule has 0 amide bonds. The highest BCUT2D eigenvalue weighted by Gasteiger charge is 2.30. The van der Waals surface area contributed by atoms with Gasteiger partial charge in [0.15, 0.2) is 11.6 Å². The van der Waals surface area contributed by atoms with Gasteiger partial charge in [-0.05, 0) is 13.0 Å². The summed E-state index contributed by atoms with van der Waals surface area (Å²) < 4.78 is 22.9. The molecule has 178 valence electrons. The van der Waals surface area contributed by atoms with E-state index in [9.17, 15) is 14.7 Å². The van der Waals surface area contributed by atoms with Crippen LogP contribution >= 0.6 is 0 Å². The predicted molar refractivity (Wildman–Crippen MR) is 126 cm³/mol. The normalized spacial score (nSPS) is 15.7. The predicted octanol–water partition coefficient (Wildman–Crippen LogP) is 2.78. The van der Waals surface area contributed by atoms with Crippen molar-refractivity contribution in [1.29, 1.82) is 0 Å². The first-order valence-electron chi connectivity index (χ1n) is 11.4. The van der Waals surface area contributed by atoms with Gasteiger partial charge in [-0.1, -0.05) is 13.8 Å². The van der Waals surface area contributed by atoms with E-state index in [0.29, 0.717) is 49.7 Å². The standard InChI is InChI=1S/C24H26FN5O4/c1-13(2)23-26-14(3)10-18(27-23)28-4-6-29(7-5-28)20-17(25)11-15-19-22(20)34-9-8-30(19)12-16(21(15)31)24(32)33/h10-13H,4-9H2,1-3H3,(H,32,33). The number of ether oxygens (including phenoxy) is 1. The van der Waals surface area contributed by atoms with Gasteiger partial charge in [-0.25, -0.2) is 19.2 Å². The molecule has 0 unspecified atom stereocenters. The van der Waals surface area contributed by atoms with Crippen molar-refractivity contribution in [2.24, 2.45) is 0 Å². The molecule has 3 aromatic rings. The van der Waals surface area contributed by atoms with Gasteiger partial charge in [-0.15, -0.1) is 0 Å². The minimum Gasteiger partial charge on any atom is -0.487 e. The number of halogens is 1. The fourth-order valence-electron chi connectivity index (χ4n) is 4.65. The van der Waals surface area contributed by atoms with Gasteiger partial charge in [0.25, 0.3) is 0 Å². The first kappa shape index (κ1) is 22.1. The number of pyridine rings is 1. The number of aryl methyl sites for hydroxylation is 1. The van der Waals surface area contributed by atoms with Gasteiger partial charge in [0.05, 0.1) is 17.4 Å². The lowest BCUT2D eigenvalue weighted by atomic mass is 10.1. The van der Waals surface area contributed by atoms with Crippen molar-refractivity contribution >= 4 is 28.4 Å². The maximum atomic E-state index is 15.4. The van der Waals surface area contributed by atoms with Gasteiger partial charge < -0.3 is 24.2 Å². The number of hydrogen-bond acceptors (Lipinski definition) is 7. The lowest BCUT2D eigenvalue weighted by Gasteiger charge is -2.38. The molecule has 0 spiro atoms. The largest absolute Gasteiger partial charge is 0.487 e. The SMILES string of the molecule is Cc1cc(N2CCN(c3c(F)cc4c(=O)c(C(=O)O)cn5c4c3OCC5)CC2)nc(C(C)C)n1. The van der Waals surface area contributed by atoms with Crippen LogP contribution in [0.5, 0.6) is 5.75 Å². The summed E-state index contributed by atoms with van der Waals surface area (Å²) >= 11 is 0. The summed E-state index contributed by atoms with van der Waals surface area (Å²) in [5.74, 6) is 0.255. The number of nitrogens with zero attached hydrogens (tertiary/aromatic N) is 5. The highest BCUT2D eigenvalue weighted by Crippen LogP contribution is 2.40.